The maximum absolute atomic E-state index is 12.7. The van der Waals surface area contributed by atoms with Crippen molar-refractivity contribution in [2.24, 2.45) is 0 Å². The van der Waals surface area contributed by atoms with Gasteiger partial charge in [-0.1, -0.05) is 6.07 Å². The summed E-state index contributed by atoms with van der Waals surface area (Å²) < 4.78 is 10.7. The maximum Gasteiger partial charge on any atom is 0.253 e. The van der Waals surface area contributed by atoms with Gasteiger partial charge >= 0.3 is 0 Å². The molecule has 24 heavy (non-hydrogen) atoms. The molecule has 1 saturated heterocycles. The van der Waals surface area contributed by atoms with E-state index < -0.39 is 0 Å². The molecule has 1 amide bonds. The summed E-state index contributed by atoms with van der Waals surface area (Å²) in [5.41, 5.74) is 1.66. The van der Waals surface area contributed by atoms with Gasteiger partial charge in [0.25, 0.3) is 5.91 Å². The van der Waals surface area contributed by atoms with Gasteiger partial charge in [-0.3, -0.25) is 9.69 Å². The van der Waals surface area contributed by atoms with Crippen LogP contribution in [0.3, 0.4) is 0 Å². The Morgan fingerprint density at radius 1 is 1.17 bits per heavy atom. The molecule has 2 aromatic rings. The van der Waals surface area contributed by atoms with E-state index in [-0.39, 0.29) is 12.7 Å². The Morgan fingerprint density at radius 3 is 2.83 bits per heavy atom. The number of hydrogen-bond donors (Lipinski definition) is 0. The molecule has 0 N–H and O–H groups in total. The average Bonchev–Trinajstić information content (AvgIpc) is 3.14. The normalized spacial score (nSPS) is 18.1. The van der Waals surface area contributed by atoms with Gasteiger partial charge in [0.1, 0.15) is 5.75 Å². The molecule has 4 rings (SSSR count). The van der Waals surface area contributed by atoms with Crippen LogP contribution in [0.5, 0.6) is 5.75 Å². The molecule has 3 heterocycles. The number of fused-ring (bicyclic) bond motifs is 1. The van der Waals surface area contributed by atoms with Gasteiger partial charge in [-0.25, -0.2) is 0 Å². The average molecular weight is 344 g/mol. The minimum atomic E-state index is 0.0964. The third-order valence-electron chi connectivity index (χ3n) is 4.48. The van der Waals surface area contributed by atoms with Crippen LogP contribution in [0.2, 0.25) is 0 Å². The molecule has 0 unspecified atom stereocenters. The van der Waals surface area contributed by atoms with Gasteiger partial charge in [0.2, 0.25) is 0 Å². The van der Waals surface area contributed by atoms with Crippen molar-refractivity contribution < 1.29 is 14.3 Å². The monoisotopic (exact) mass is 344 g/mol. The lowest BCUT2D eigenvalue weighted by Gasteiger charge is -2.34. The summed E-state index contributed by atoms with van der Waals surface area (Å²) in [6.07, 6.45) is 0. The van der Waals surface area contributed by atoms with Crippen LogP contribution < -0.4 is 4.74 Å². The number of nitrogens with zero attached hydrogens (tertiary/aromatic N) is 2. The lowest BCUT2D eigenvalue weighted by molar-refractivity contribution is -0.0164. The van der Waals surface area contributed by atoms with Crippen molar-refractivity contribution in [1.82, 2.24) is 9.80 Å². The van der Waals surface area contributed by atoms with E-state index in [1.54, 1.807) is 11.3 Å². The Hall–Kier alpha value is -1.89. The highest BCUT2D eigenvalue weighted by molar-refractivity contribution is 7.09. The molecule has 0 radical (unpaired) electrons. The van der Waals surface area contributed by atoms with Gasteiger partial charge in [0, 0.05) is 48.7 Å². The molecule has 0 bridgehead atoms. The van der Waals surface area contributed by atoms with Gasteiger partial charge in [0.05, 0.1) is 6.61 Å². The van der Waals surface area contributed by atoms with E-state index in [4.69, 9.17) is 9.47 Å². The van der Waals surface area contributed by atoms with Crippen molar-refractivity contribution in [2.45, 2.75) is 13.2 Å². The Labute approximate surface area is 145 Å². The second kappa shape index (κ2) is 6.93. The summed E-state index contributed by atoms with van der Waals surface area (Å²) in [7, 11) is 0. The van der Waals surface area contributed by atoms with Gasteiger partial charge in [-0.2, -0.15) is 0 Å². The van der Waals surface area contributed by atoms with Crippen LogP contribution >= 0.6 is 11.3 Å². The summed E-state index contributed by atoms with van der Waals surface area (Å²) in [5, 5.41) is 2.11. The standard InChI is InChI=1S/C18H20N2O3S/c21-18(14-3-4-17-15(10-14)12-22-13-23-17)20-7-5-19(6-8-20)11-16-2-1-9-24-16/h1-4,9-10H,5-8,11-13H2. The number of carbonyl (C=O) groups excluding carboxylic acids is 1. The smallest absolute Gasteiger partial charge is 0.253 e. The maximum atomic E-state index is 12.7. The molecular weight excluding hydrogens is 324 g/mol. The molecule has 2 aliphatic rings. The fourth-order valence-corrected chi connectivity index (χ4v) is 3.88. The van der Waals surface area contributed by atoms with Crippen molar-refractivity contribution in [1.29, 1.82) is 0 Å². The van der Waals surface area contributed by atoms with Crippen LogP contribution in [0.1, 0.15) is 20.8 Å². The van der Waals surface area contributed by atoms with E-state index in [0.717, 1.165) is 49.6 Å². The van der Waals surface area contributed by atoms with Crippen LogP contribution in [0.4, 0.5) is 0 Å². The quantitative estimate of drug-likeness (QED) is 0.858. The number of rotatable bonds is 3. The number of amides is 1. The highest BCUT2D eigenvalue weighted by atomic mass is 32.1. The Kier molecular flexibility index (Phi) is 4.51. The third kappa shape index (κ3) is 3.31. The Bertz CT molecular complexity index is 709. The molecule has 1 fully saturated rings. The van der Waals surface area contributed by atoms with E-state index in [9.17, 15) is 4.79 Å². The van der Waals surface area contributed by atoms with Gasteiger partial charge < -0.3 is 14.4 Å². The first-order valence-corrected chi connectivity index (χ1v) is 9.05. The van der Waals surface area contributed by atoms with E-state index in [1.165, 1.54) is 4.88 Å². The van der Waals surface area contributed by atoms with Crippen molar-refractivity contribution >= 4 is 17.2 Å². The minimum absolute atomic E-state index is 0.0964. The zero-order valence-electron chi connectivity index (χ0n) is 13.4. The zero-order chi connectivity index (χ0) is 16.4. The van der Waals surface area contributed by atoms with Crippen LogP contribution in [0.15, 0.2) is 35.7 Å². The molecule has 0 atom stereocenters. The molecule has 126 valence electrons. The molecule has 5 nitrogen and oxygen atoms in total. The molecule has 1 aromatic heterocycles. The molecule has 2 aliphatic heterocycles. The van der Waals surface area contributed by atoms with E-state index in [1.807, 2.05) is 23.1 Å². The van der Waals surface area contributed by atoms with E-state index in [2.05, 4.69) is 22.4 Å². The molecule has 1 aromatic carbocycles. The summed E-state index contributed by atoms with van der Waals surface area (Å²) >= 11 is 1.79. The highest BCUT2D eigenvalue weighted by Crippen LogP contribution is 2.25. The molecular formula is C18H20N2O3S. The van der Waals surface area contributed by atoms with Crippen molar-refractivity contribution in [3.8, 4) is 5.75 Å². The predicted octanol–water partition coefficient (Wildman–Crippen LogP) is 2.57. The molecule has 0 spiro atoms. The van der Waals surface area contributed by atoms with Crippen molar-refractivity contribution in [3.05, 3.63) is 51.7 Å². The zero-order valence-corrected chi connectivity index (χ0v) is 14.3. The number of hydrogen-bond acceptors (Lipinski definition) is 5. The number of carbonyl (C=O) groups is 1. The van der Waals surface area contributed by atoms with E-state index >= 15 is 0 Å². The number of benzene rings is 1. The summed E-state index contributed by atoms with van der Waals surface area (Å²) in [4.78, 5) is 18.5. The first kappa shape index (κ1) is 15.6. The van der Waals surface area contributed by atoms with Gasteiger partial charge in [0.15, 0.2) is 6.79 Å². The topological polar surface area (TPSA) is 42.0 Å². The molecule has 6 heteroatoms. The van der Waals surface area contributed by atoms with Crippen molar-refractivity contribution in [2.75, 3.05) is 33.0 Å². The molecule has 0 saturated carbocycles. The fraction of sp³-hybridized carbons (Fsp3) is 0.389. The summed E-state index contributed by atoms with van der Waals surface area (Å²) in [6, 6.07) is 9.88. The Balaban J connectivity index is 1.37. The van der Waals surface area contributed by atoms with E-state index in [0.29, 0.717) is 6.61 Å². The van der Waals surface area contributed by atoms with Crippen LogP contribution in [0, 0.1) is 0 Å². The summed E-state index contributed by atoms with van der Waals surface area (Å²) in [5.74, 6) is 0.915. The predicted molar refractivity (Wildman–Crippen MR) is 92.2 cm³/mol. The lowest BCUT2D eigenvalue weighted by Crippen LogP contribution is -2.48. The lowest BCUT2D eigenvalue weighted by atomic mass is 10.1. The van der Waals surface area contributed by atoms with Crippen molar-refractivity contribution in [3.63, 3.8) is 0 Å². The van der Waals surface area contributed by atoms with Crippen LogP contribution in [0.25, 0.3) is 0 Å². The van der Waals surface area contributed by atoms with Gasteiger partial charge in [-0.05, 0) is 29.6 Å². The second-order valence-electron chi connectivity index (χ2n) is 6.08. The number of thiophene rings is 1. The first-order valence-electron chi connectivity index (χ1n) is 8.17. The van der Waals surface area contributed by atoms with Crippen LogP contribution in [-0.2, 0) is 17.9 Å². The largest absolute Gasteiger partial charge is 0.467 e. The SMILES string of the molecule is O=C(c1ccc2c(c1)COCO2)N1CCN(Cc2cccs2)CC1. The van der Waals surface area contributed by atoms with Crippen LogP contribution in [-0.4, -0.2) is 48.7 Å². The third-order valence-corrected chi connectivity index (χ3v) is 5.34. The fourth-order valence-electron chi connectivity index (χ4n) is 3.14. The number of ether oxygens (including phenoxy) is 2. The minimum Gasteiger partial charge on any atom is -0.467 e. The summed E-state index contributed by atoms with van der Waals surface area (Å²) in [6.45, 7) is 5.15. The first-order chi connectivity index (χ1) is 11.8. The van der Waals surface area contributed by atoms with Gasteiger partial charge in [-0.15, -0.1) is 11.3 Å². The highest BCUT2D eigenvalue weighted by Gasteiger charge is 2.23. The number of piperazine rings is 1. The Morgan fingerprint density at radius 2 is 2.04 bits per heavy atom. The molecule has 0 aliphatic carbocycles. The second-order valence-corrected chi connectivity index (χ2v) is 7.11.